The number of likely N-dealkylation sites (tertiary alicyclic amines) is 1. The Morgan fingerprint density at radius 1 is 0.918 bits per heavy atom. The summed E-state index contributed by atoms with van der Waals surface area (Å²) in [4.78, 5) is 112. The van der Waals surface area contributed by atoms with Gasteiger partial charge in [-0.25, -0.2) is 0 Å². The third-order valence-corrected chi connectivity index (χ3v) is 14.1. The largest absolute Gasteiger partial charge is 0.507 e. The van der Waals surface area contributed by atoms with Gasteiger partial charge in [-0.2, -0.15) is 0 Å². The highest BCUT2D eigenvalue weighted by Crippen LogP contribution is 2.52. The number of carbonyl (C=O) groups excluding carboxylic acids is 8. The molecule has 2 aromatic carbocycles. The Hall–Kier alpha value is -6.04. The number of ether oxygens (including phenoxy) is 3. The number of nitrogens with one attached hydrogen (secondary N) is 4. The number of nitrogens with zero attached hydrogens (tertiary/aromatic N) is 2. The molecule has 10 atom stereocenters. The van der Waals surface area contributed by atoms with Gasteiger partial charge in [0.15, 0.2) is 17.9 Å². The number of amides is 5. The number of phenols is 2. The molecular weight excluding hydrogens is 953 g/mol. The molecule has 2 saturated heterocycles. The molecule has 4 aliphatic rings. The van der Waals surface area contributed by atoms with Crippen LogP contribution in [0.4, 0.5) is 0 Å². The number of phenolic OH excluding ortho intramolecular Hbond substituents is 2. The summed E-state index contributed by atoms with van der Waals surface area (Å²) in [6.45, 7) is 9.27. The standard InChI is InChI=1S/C51H70N6O16/c1-23(2)16-30(55-49(68)31-13-11-15-57(31)36(60)21-52-47(66)25(5)53-50(69)32(56(7)8)17-24(3)4)48(67)54-29-18-37(72-26(6)42(29)61)73-34-20-51(70,35(59)22-58)19-28-39(34)46(65)41-40(44(28)63)43(62)27-12-10-14-33(71-9)38(27)45(41)64/h10,12,14,23-26,29-32,34,37,42,58,61,63,65,70H,11,13,15-22H2,1-9H3,(H,52,66)(H,53,69)(H,54,67)(H,55,68)/t25-,26?,29?,30-,31-,32-,34-,37?,42?,51-/m0/s1. The van der Waals surface area contributed by atoms with Crippen molar-refractivity contribution in [3.05, 3.63) is 51.6 Å². The third kappa shape index (κ3) is 11.8. The molecular formula is C51H70N6O16. The number of hydrogen-bond acceptors (Lipinski definition) is 17. The quantitative estimate of drug-likeness (QED) is 0.0729. The highest BCUT2D eigenvalue weighted by atomic mass is 16.7. The molecule has 400 valence electrons. The summed E-state index contributed by atoms with van der Waals surface area (Å²) < 4.78 is 17.7. The molecule has 2 aliphatic carbocycles. The van der Waals surface area contributed by atoms with Crippen molar-refractivity contribution in [3.63, 3.8) is 0 Å². The average Bonchev–Trinajstić information content (AvgIpc) is 3.83. The lowest BCUT2D eigenvalue weighted by Gasteiger charge is -2.43. The van der Waals surface area contributed by atoms with E-state index >= 15 is 0 Å². The highest BCUT2D eigenvalue weighted by Gasteiger charge is 2.51. The minimum atomic E-state index is -2.42. The topological polar surface area (TPSA) is 320 Å². The minimum Gasteiger partial charge on any atom is -0.507 e. The first-order valence-corrected chi connectivity index (χ1v) is 24.7. The van der Waals surface area contributed by atoms with Gasteiger partial charge in [-0.1, -0.05) is 39.8 Å². The number of Topliss-reactive ketones (excluding diaryl/α,β-unsaturated/α-hetero) is 1. The monoisotopic (exact) mass is 1020 g/mol. The molecule has 6 rings (SSSR count). The Kier molecular flexibility index (Phi) is 17.7. The van der Waals surface area contributed by atoms with E-state index in [-0.39, 0.29) is 71.6 Å². The van der Waals surface area contributed by atoms with Crippen LogP contribution in [-0.2, 0) is 44.7 Å². The second-order valence-corrected chi connectivity index (χ2v) is 20.6. The second kappa shape index (κ2) is 23.0. The number of likely N-dealkylation sites (N-methyl/N-ethyl adjacent to an activating group) is 1. The van der Waals surface area contributed by atoms with Gasteiger partial charge in [0.1, 0.15) is 53.7 Å². The minimum absolute atomic E-state index is 0.0270. The third-order valence-electron chi connectivity index (χ3n) is 14.1. The molecule has 4 unspecified atom stereocenters. The van der Waals surface area contributed by atoms with Crippen LogP contribution in [0, 0.1) is 11.8 Å². The number of ketones is 3. The number of benzene rings is 2. The SMILES string of the molecule is COc1cccc2c1C(=O)c1c(O)c3c(c(O)c1C2=O)C[C@@](O)(C(=O)CO)C[C@@H]3OC1CC(NC(=O)[C@H](CC(C)C)NC(=O)[C@@H]2CCCN2C(=O)CNC(=O)[C@H](C)NC(=O)[C@H](CC(C)C)N(C)C)C(O)C(C)O1. The molecule has 2 fully saturated rings. The Morgan fingerprint density at radius 3 is 2.22 bits per heavy atom. The maximum Gasteiger partial charge on any atom is 0.243 e. The van der Waals surface area contributed by atoms with Crippen LogP contribution in [0.2, 0.25) is 0 Å². The lowest BCUT2D eigenvalue weighted by Crippen LogP contribution is -2.60. The van der Waals surface area contributed by atoms with Crippen LogP contribution < -0.4 is 26.0 Å². The van der Waals surface area contributed by atoms with Crippen molar-refractivity contribution in [1.29, 1.82) is 0 Å². The smallest absolute Gasteiger partial charge is 0.243 e. The predicted octanol–water partition coefficient (Wildman–Crippen LogP) is 0.278. The molecule has 0 bridgehead atoms. The molecule has 0 spiro atoms. The maximum atomic E-state index is 14.2. The zero-order valence-corrected chi connectivity index (χ0v) is 42.8. The number of rotatable bonds is 19. The number of carbonyl (C=O) groups is 8. The summed E-state index contributed by atoms with van der Waals surface area (Å²) in [5, 5.41) is 67.5. The molecule has 0 radical (unpaired) electrons. The van der Waals surface area contributed by atoms with E-state index in [0.29, 0.717) is 12.8 Å². The van der Waals surface area contributed by atoms with E-state index in [1.54, 1.807) is 19.0 Å². The van der Waals surface area contributed by atoms with Gasteiger partial charge in [0.25, 0.3) is 0 Å². The Labute approximate surface area is 423 Å². The van der Waals surface area contributed by atoms with E-state index in [9.17, 15) is 63.9 Å². The fraction of sp³-hybridized carbons (Fsp3) is 0.608. The van der Waals surface area contributed by atoms with E-state index in [1.165, 1.54) is 44.1 Å². The predicted molar refractivity (Wildman–Crippen MR) is 259 cm³/mol. The van der Waals surface area contributed by atoms with Gasteiger partial charge in [0.2, 0.25) is 35.3 Å². The van der Waals surface area contributed by atoms with Crippen LogP contribution in [0.25, 0.3) is 0 Å². The lowest BCUT2D eigenvalue weighted by molar-refractivity contribution is -0.249. The van der Waals surface area contributed by atoms with Crippen LogP contribution in [-0.4, -0.2) is 177 Å². The van der Waals surface area contributed by atoms with Crippen LogP contribution in [0.15, 0.2) is 18.2 Å². The maximum absolute atomic E-state index is 14.2. The summed E-state index contributed by atoms with van der Waals surface area (Å²) >= 11 is 0. The molecule has 22 nitrogen and oxygen atoms in total. The second-order valence-electron chi connectivity index (χ2n) is 20.6. The summed E-state index contributed by atoms with van der Waals surface area (Å²) in [7, 11) is 4.84. The number of fused-ring (bicyclic) bond motifs is 3. The van der Waals surface area contributed by atoms with Gasteiger partial charge in [-0.05, 0) is 71.5 Å². The zero-order chi connectivity index (χ0) is 54.0. The summed E-state index contributed by atoms with van der Waals surface area (Å²) in [5.41, 5.74) is -4.39. The molecule has 2 aliphatic heterocycles. The number of aliphatic hydroxyl groups excluding tert-OH is 2. The lowest BCUT2D eigenvalue weighted by atomic mass is 9.72. The van der Waals surface area contributed by atoms with Gasteiger partial charge in [-0.3, -0.25) is 43.3 Å². The Morgan fingerprint density at radius 2 is 1.59 bits per heavy atom. The zero-order valence-electron chi connectivity index (χ0n) is 42.8. The van der Waals surface area contributed by atoms with Gasteiger partial charge in [0, 0.05) is 42.5 Å². The van der Waals surface area contributed by atoms with Crippen molar-refractivity contribution in [2.75, 3.05) is 40.9 Å². The van der Waals surface area contributed by atoms with E-state index < -0.39 is 150 Å². The van der Waals surface area contributed by atoms with Crippen molar-refractivity contribution in [1.82, 2.24) is 31.1 Å². The summed E-state index contributed by atoms with van der Waals surface area (Å²) in [6, 6.07) is -0.421. The van der Waals surface area contributed by atoms with Crippen molar-refractivity contribution in [2.24, 2.45) is 11.8 Å². The molecule has 73 heavy (non-hydrogen) atoms. The molecule has 0 saturated carbocycles. The van der Waals surface area contributed by atoms with E-state index in [4.69, 9.17) is 14.2 Å². The highest BCUT2D eigenvalue weighted by molar-refractivity contribution is 6.31. The van der Waals surface area contributed by atoms with Crippen LogP contribution in [0.1, 0.15) is 129 Å². The van der Waals surface area contributed by atoms with E-state index in [1.807, 2.05) is 27.7 Å². The van der Waals surface area contributed by atoms with Gasteiger partial charge >= 0.3 is 0 Å². The van der Waals surface area contributed by atoms with Gasteiger partial charge in [-0.15, -0.1) is 0 Å². The first-order valence-electron chi connectivity index (χ1n) is 24.7. The normalized spacial score (nSPS) is 24.8. The summed E-state index contributed by atoms with van der Waals surface area (Å²) in [6.07, 6.45) is -5.50. The van der Waals surface area contributed by atoms with Gasteiger partial charge in [0.05, 0.1) is 54.6 Å². The van der Waals surface area contributed by atoms with E-state index in [0.717, 1.165) is 0 Å². The van der Waals surface area contributed by atoms with Gasteiger partial charge < -0.3 is 65.9 Å². The van der Waals surface area contributed by atoms with Crippen molar-refractivity contribution in [3.8, 4) is 17.2 Å². The Bertz CT molecular complexity index is 2500. The van der Waals surface area contributed by atoms with E-state index in [2.05, 4.69) is 21.3 Å². The van der Waals surface area contributed by atoms with Crippen molar-refractivity contribution in [2.45, 2.75) is 147 Å². The van der Waals surface area contributed by atoms with Crippen LogP contribution in [0.5, 0.6) is 17.2 Å². The number of hydrogen-bond donors (Lipinski definition) is 9. The number of methoxy groups -OCH3 is 1. The van der Waals surface area contributed by atoms with Crippen LogP contribution >= 0.6 is 0 Å². The average molecular weight is 1020 g/mol. The Balaban J connectivity index is 1.16. The summed E-state index contributed by atoms with van der Waals surface area (Å²) in [5.74, 6) is -7.01. The fourth-order valence-corrected chi connectivity index (χ4v) is 10.2. The molecule has 22 heteroatoms. The van der Waals surface area contributed by atoms with Crippen molar-refractivity contribution < 1.29 is 78.1 Å². The number of aromatic hydroxyl groups is 2. The number of aliphatic hydroxyl groups is 3. The fourth-order valence-electron chi connectivity index (χ4n) is 10.2. The molecule has 0 aromatic heterocycles. The molecule has 2 aromatic rings. The molecule has 9 N–H and O–H groups in total. The molecule has 5 amide bonds. The first kappa shape index (κ1) is 56.3. The first-order chi connectivity index (χ1) is 34.3. The molecule has 2 heterocycles. The van der Waals surface area contributed by atoms with Crippen molar-refractivity contribution >= 4 is 46.9 Å². The van der Waals surface area contributed by atoms with Crippen LogP contribution in [0.3, 0.4) is 0 Å².